The summed E-state index contributed by atoms with van der Waals surface area (Å²) in [5.74, 6) is 1.71. The number of carbonyl (C=O) groups is 1. The number of rotatable bonds is 3. The molecule has 7 heteroatoms. The maximum atomic E-state index is 11.2. The molecule has 0 aromatic carbocycles. The molecule has 1 unspecified atom stereocenters. The Kier molecular flexibility index (Phi) is 4.57. The number of ether oxygens (including phenoxy) is 1. The summed E-state index contributed by atoms with van der Waals surface area (Å²) < 4.78 is 5.40. The van der Waals surface area contributed by atoms with E-state index in [4.69, 9.17) is 0 Å². The molecule has 0 saturated carbocycles. The molecule has 2 heterocycles. The monoisotopic (exact) mass is 328 g/mol. The van der Waals surface area contributed by atoms with E-state index in [9.17, 15) is 4.79 Å². The molecule has 0 bridgehead atoms. The second kappa shape index (κ2) is 6.18. The zero-order valence-electron chi connectivity index (χ0n) is 11.0. The average molecular weight is 329 g/mol. The van der Waals surface area contributed by atoms with Crippen LogP contribution in [0.3, 0.4) is 0 Å². The van der Waals surface area contributed by atoms with Crippen molar-refractivity contribution in [3.8, 4) is 0 Å². The lowest BCUT2D eigenvalue weighted by Gasteiger charge is -2.18. The van der Waals surface area contributed by atoms with Crippen molar-refractivity contribution in [1.82, 2.24) is 15.3 Å². The number of amides is 1. The van der Waals surface area contributed by atoms with Crippen molar-refractivity contribution >= 4 is 27.8 Å². The fraction of sp³-hybridized carbons (Fsp3) is 0.583. The van der Waals surface area contributed by atoms with Gasteiger partial charge < -0.3 is 15.0 Å². The summed E-state index contributed by atoms with van der Waals surface area (Å²) in [5, 5.41) is 2.81. The van der Waals surface area contributed by atoms with Crippen LogP contribution in [0, 0.1) is 0 Å². The molecular formula is C12H17BrN4O2. The van der Waals surface area contributed by atoms with Crippen LogP contribution in [0.25, 0.3) is 0 Å². The van der Waals surface area contributed by atoms with E-state index in [0.717, 1.165) is 42.2 Å². The zero-order valence-corrected chi connectivity index (χ0v) is 12.6. The van der Waals surface area contributed by atoms with Crippen molar-refractivity contribution in [3.63, 3.8) is 0 Å². The Bertz CT molecular complexity index is 469. The molecule has 1 fully saturated rings. The molecule has 1 N–H and O–H groups in total. The highest BCUT2D eigenvalue weighted by Gasteiger charge is 2.25. The van der Waals surface area contributed by atoms with Gasteiger partial charge in [0.05, 0.1) is 13.2 Å². The fourth-order valence-corrected chi connectivity index (χ4v) is 2.49. The average Bonchev–Trinajstić information content (AvgIpc) is 2.86. The molecule has 0 spiro atoms. The van der Waals surface area contributed by atoms with Crippen LogP contribution < -0.4 is 10.2 Å². The lowest BCUT2D eigenvalue weighted by molar-refractivity contribution is 0.167. The normalized spacial score (nSPS) is 18.5. The van der Waals surface area contributed by atoms with Crippen LogP contribution in [0.5, 0.6) is 0 Å². The van der Waals surface area contributed by atoms with Crippen molar-refractivity contribution in [2.75, 3.05) is 25.1 Å². The van der Waals surface area contributed by atoms with E-state index < -0.39 is 0 Å². The molecule has 1 aromatic rings. The Hall–Kier alpha value is -1.37. The van der Waals surface area contributed by atoms with Crippen molar-refractivity contribution in [2.24, 2.45) is 0 Å². The molecule has 0 aliphatic carbocycles. The molecule has 2 rings (SSSR count). The number of aromatic nitrogens is 2. The largest absolute Gasteiger partial charge is 0.453 e. The van der Waals surface area contributed by atoms with E-state index in [-0.39, 0.29) is 12.1 Å². The van der Waals surface area contributed by atoms with Crippen LogP contribution in [0.15, 0.2) is 10.7 Å². The Balaban J connectivity index is 2.04. The highest BCUT2D eigenvalue weighted by molar-refractivity contribution is 9.10. The molecule has 6 nitrogen and oxygen atoms in total. The maximum absolute atomic E-state index is 11.2. The minimum Gasteiger partial charge on any atom is -0.453 e. The predicted molar refractivity (Wildman–Crippen MR) is 75.3 cm³/mol. The summed E-state index contributed by atoms with van der Waals surface area (Å²) in [6.45, 7) is 3.63. The number of methoxy groups -OCH3 is 1. The Labute approximate surface area is 120 Å². The van der Waals surface area contributed by atoms with Gasteiger partial charge in [-0.05, 0) is 22.4 Å². The number of hydrogen-bond acceptors (Lipinski definition) is 5. The topological polar surface area (TPSA) is 67.4 Å². The molecule has 1 aliphatic heterocycles. The highest BCUT2D eigenvalue weighted by atomic mass is 79.9. The van der Waals surface area contributed by atoms with Crippen LogP contribution in [-0.2, 0) is 11.2 Å². The first kappa shape index (κ1) is 14.0. The standard InChI is InChI=1S/C12H17BrN4O2/c1-3-10-15-9(13)6-11(16-10)17-5-4-8(7-17)14-12(18)19-2/h6,8H,3-5,7H2,1-2H3,(H,14,18). The van der Waals surface area contributed by atoms with Crippen LogP contribution in [-0.4, -0.2) is 42.3 Å². The smallest absolute Gasteiger partial charge is 0.407 e. The summed E-state index contributed by atoms with van der Waals surface area (Å²) >= 11 is 3.40. The Morgan fingerprint density at radius 1 is 1.63 bits per heavy atom. The van der Waals surface area contributed by atoms with Crippen molar-refractivity contribution in [2.45, 2.75) is 25.8 Å². The van der Waals surface area contributed by atoms with Crippen molar-refractivity contribution in [3.05, 3.63) is 16.5 Å². The number of alkyl carbamates (subject to hydrolysis) is 1. The molecule has 1 aromatic heterocycles. The lowest BCUT2D eigenvalue weighted by atomic mass is 10.3. The molecule has 19 heavy (non-hydrogen) atoms. The van der Waals surface area contributed by atoms with Gasteiger partial charge in [-0.2, -0.15) is 0 Å². The summed E-state index contributed by atoms with van der Waals surface area (Å²) in [6, 6.07) is 2.01. The number of nitrogens with one attached hydrogen (secondary N) is 1. The van der Waals surface area contributed by atoms with Gasteiger partial charge in [0, 0.05) is 25.6 Å². The third kappa shape index (κ3) is 3.56. The Morgan fingerprint density at radius 2 is 2.42 bits per heavy atom. The van der Waals surface area contributed by atoms with Crippen molar-refractivity contribution in [1.29, 1.82) is 0 Å². The fourth-order valence-electron chi connectivity index (χ4n) is 2.08. The number of anilines is 1. The van der Waals surface area contributed by atoms with Gasteiger partial charge in [-0.3, -0.25) is 0 Å². The minimum absolute atomic E-state index is 0.103. The first-order valence-corrected chi connectivity index (χ1v) is 7.04. The van der Waals surface area contributed by atoms with Crippen LogP contribution >= 0.6 is 15.9 Å². The second-order valence-electron chi connectivity index (χ2n) is 4.39. The van der Waals surface area contributed by atoms with E-state index in [1.54, 1.807) is 0 Å². The Morgan fingerprint density at radius 3 is 3.11 bits per heavy atom. The molecule has 1 aliphatic rings. The van der Waals surface area contributed by atoms with Gasteiger partial charge in [-0.1, -0.05) is 6.92 Å². The van der Waals surface area contributed by atoms with Crippen molar-refractivity contribution < 1.29 is 9.53 Å². The van der Waals surface area contributed by atoms with Crippen LogP contribution in [0.1, 0.15) is 19.2 Å². The molecule has 1 atom stereocenters. The first-order chi connectivity index (χ1) is 9.12. The third-order valence-corrected chi connectivity index (χ3v) is 3.47. The van der Waals surface area contributed by atoms with Gasteiger partial charge in [0.1, 0.15) is 16.2 Å². The SMILES string of the molecule is CCc1nc(Br)cc(N2CCC(NC(=O)OC)C2)n1. The molecule has 0 radical (unpaired) electrons. The summed E-state index contributed by atoms with van der Waals surface area (Å²) in [6.07, 6.45) is 1.30. The van der Waals surface area contributed by atoms with E-state index in [1.165, 1.54) is 7.11 Å². The van der Waals surface area contributed by atoms with Gasteiger partial charge >= 0.3 is 6.09 Å². The summed E-state index contributed by atoms with van der Waals surface area (Å²) in [7, 11) is 1.37. The zero-order chi connectivity index (χ0) is 13.8. The quantitative estimate of drug-likeness (QED) is 0.856. The lowest BCUT2D eigenvalue weighted by Crippen LogP contribution is -2.37. The van der Waals surface area contributed by atoms with E-state index in [2.05, 4.69) is 40.9 Å². The highest BCUT2D eigenvalue weighted by Crippen LogP contribution is 2.21. The number of halogens is 1. The van der Waals surface area contributed by atoms with E-state index in [1.807, 2.05) is 13.0 Å². The number of carbonyl (C=O) groups excluding carboxylic acids is 1. The van der Waals surface area contributed by atoms with Gasteiger partial charge in [0.25, 0.3) is 0 Å². The van der Waals surface area contributed by atoms with Gasteiger partial charge in [0.15, 0.2) is 0 Å². The van der Waals surface area contributed by atoms with Gasteiger partial charge in [0.2, 0.25) is 0 Å². The molecular weight excluding hydrogens is 312 g/mol. The third-order valence-electron chi connectivity index (χ3n) is 3.06. The summed E-state index contributed by atoms with van der Waals surface area (Å²) in [5.41, 5.74) is 0. The predicted octanol–water partition coefficient (Wildman–Crippen LogP) is 1.74. The molecule has 1 amide bonds. The minimum atomic E-state index is -0.384. The van der Waals surface area contributed by atoms with Gasteiger partial charge in [-0.25, -0.2) is 14.8 Å². The molecule has 104 valence electrons. The van der Waals surface area contributed by atoms with Gasteiger partial charge in [-0.15, -0.1) is 0 Å². The molecule has 1 saturated heterocycles. The first-order valence-electron chi connectivity index (χ1n) is 6.25. The van der Waals surface area contributed by atoms with Crippen LogP contribution in [0.2, 0.25) is 0 Å². The van der Waals surface area contributed by atoms with Crippen LogP contribution in [0.4, 0.5) is 10.6 Å². The number of aryl methyl sites for hydroxylation is 1. The number of hydrogen-bond donors (Lipinski definition) is 1. The second-order valence-corrected chi connectivity index (χ2v) is 5.20. The number of nitrogens with zero attached hydrogens (tertiary/aromatic N) is 3. The summed E-state index contributed by atoms with van der Waals surface area (Å²) in [4.78, 5) is 22.1. The maximum Gasteiger partial charge on any atom is 0.407 e. The van der Waals surface area contributed by atoms with E-state index >= 15 is 0 Å². The van der Waals surface area contributed by atoms with E-state index in [0.29, 0.717) is 0 Å².